The third kappa shape index (κ3) is 4.97. The topological polar surface area (TPSA) is 105 Å². The van der Waals surface area contributed by atoms with Crippen molar-refractivity contribution in [2.75, 3.05) is 44.2 Å². The smallest absolute Gasteiger partial charge is 0.263 e. The molecule has 6 rings (SSSR count). The number of hydrogen-bond acceptors (Lipinski definition) is 10. The van der Waals surface area contributed by atoms with Gasteiger partial charge < -0.3 is 18.8 Å². The number of amides is 1. The predicted molar refractivity (Wildman–Crippen MR) is 140 cm³/mol. The number of piperidine rings is 1. The molecule has 2 fully saturated rings. The van der Waals surface area contributed by atoms with Crippen molar-refractivity contribution in [1.29, 1.82) is 0 Å². The molecule has 0 atom stereocenters. The second-order valence-electron chi connectivity index (χ2n) is 9.90. The van der Waals surface area contributed by atoms with E-state index in [9.17, 15) is 4.79 Å². The van der Waals surface area contributed by atoms with Crippen LogP contribution in [0.15, 0.2) is 33.3 Å². The Labute approximate surface area is 219 Å². The van der Waals surface area contributed by atoms with Crippen molar-refractivity contribution >= 4 is 32.6 Å². The van der Waals surface area contributed by atoms with E-state index < -0.39 is 0 Å². The van der Waals surface area contributed by atoms with Crippen molar-refractivity contribution in [1.82, 2.24) is 30.1 Å². The van der Waals surface area contributed by atoms with E-state index in [4.69, 9.17) is 14.0 Å². The molecule has 11 heteroatoms. The number of aryl methyl sites for hydroxylation is 2. The number of hydrogen-bond donors (Lipinski definition) is 0. The van der Waals surface area contributed by atoms with Crippen LogP contribution in [0.3, 0.4) is 0 Å². The van der Waals surface area contributed by atoms with Gasteiger partial charge in [-0.05, 0) is 45.2 Å². The minimum absolute atomic E-state index is 0.0898. The summed E-state index contributed by atoms with van der Waals surface area (Å²) in [6.07, 6.45) is 2.69. The molecule has 0 N–H and O–H groups in total. The summed E-state index contributed by atoms with van der Waals surface area (Å²) in [6, 6.07) is 8.26. The fraction of sp³-hybridized carbons (Fsp3) is 0.500. The molecule has 10 nitrogen and oxygen atoms in total. The van der Waals surface area contributed by atoms with E-state index in [1.165, 1.54) is 4.70 Å². The van der Waals surface area contributed by atoms with E-state index in [1.807, 2.05) is 19.9 Å². The molecule has 0 radical (unpaired) electrons. The van der Waals surface area contributed by atoms with Crippen LogP contribution in [0.5, 0.6) is 0 Å². The van der Waals surface area contributed by atoms with Crippen molar-refractivity contribution in [3.05, 3.63) is 41.5 Å². The van der Waals surface area contributed by atoms with Gasteiger partial charge in [0.25, 0.3) is 5.89 Å². The van der Waals surface area contributed by atoms with Crippen LogP contribution in [-0.4, -0.2) is 75.3 Å². The van der Waals surface area contributed by atoms with Gasteiger partial charge in [0.1, 0.15) is 11.3 Å². The van der Waals surface area contributed by atoms with Crippen LogP contribution in [0.2, 0.25) is 0 Å². The number of rotatable bonds is 5. The summed E-state index contributed by atoms with van der Waals surface area (Å²) >= 11 is 1.74. The molecular formula is C26H31N7O3S. The SMILES string of the molecule is Cc1noc(C)c1-c1nc(CN2CCCN(C(=O)C3CCN(c4nc5ccccc5s4)CC3)CC2)no1. The molecule has 0 bridgehead atoms. The molecule has 37 heavy (non-hydrogen) atoms. The lowest BCUT2D eigenvalue weighted by Gasteiger charge is -2.33. The van der Waals surface area contributed by atoms with E-state index in [1.54, 1.807) is 11.3 Å². The maximum Gasteiger partial charge on any atom is 0.263 e. The Morgan fingerprint density at radius 3 is 2.62 bits per heavy atom. The summed E-state index contributed by atoms with van der Waals surface area (Å²) in [5.41, 5.74) is 2.55. The molecular weight excluding hydrogens is 490 g/mol. The summed E-state index contributed by atoms with van der Waals surface area (Å²) in [6.45, 7) is 9.26. The third-order valence-electron chi connectivity index (χ3n) is 7.38. The predicted octanol–water partition coefficient (Wildman–Crippen LogP) is 3.90. The normalized spacial score (nSPS) is 18.0. The molecule has 4 aromatic rings. The quantitative estimate of drug-likeness (QED) is 0.387. The van der Waals surface area contributed by atoms with Gasteiger partial charge in [0, 0.05) is 45.2 Å². The molecule has 2 saturated heterocycles. The maximum atomic E-state index is 13.4. The second kappa shape index (κ2) is 10.2. The van der Waals surface area contributed by atoms with E-state index in [0.29, 0.717) is 29.9 Å². The van der Waals surface area contributed by atoms with E-state index in [-0.39, 0.29) is 5.92 Å². The molecule has 194 valence electrons. The molecule has 1 aromatic carbocycles. The van der Waals surface area contributed by atoms with Gasteiger partial charge in [-0.1, -0.05) is 33.8 Å². The van der Waals surface area contributed by atoms with Gasteiger partial charge >= 0.3 is 0 Å². The van der Waals surface area contributed by atoms with Crippen LogP contribution in [0.1, 0.15) is 36.5 Å². The first-order valence-corrected chi connectivity index (χ1v) is 13.7. The zero-order valence-electron chi connectivity index (χ0n) is 21.2. The minimum atomic E-state index is 0.0898. The van der Waals surface area contributed by atoms with Crippen molar-refractivity contribution in [3.63, 3.8) is 0 Å². The standard InChI is InChI=1S/C26H31N7O3S/c1-17-23(18(2)35-29-17)24-28-22(30-36-24)16-31-10-5-11-32(15-14-31)25(34)19-8-12-33(13-9-19)26-27-20-6-3-4-7-21(20)37-26/h3-4,6-7,19H,5,8-16H2,1-2H3. The van der Waals surface area contributed by atoms with Crippen LogP contribution in [-0.2, 0) is 11.3 Å². The summed E-state index contributed by atoms with van der Waals surface area (Å²) in [5.74, 6) is 2.13. The Hall–Kier alpha value is -3.31. The lowest BCUT2D eigenvalue weighted by molar-refractivity contribution is -0.136. The first kappa shape index (κ1) is 24.1. The van der Waals surface area contributed by atoms with E-state index >= 15 is 0 Å². The van der Waals surface area contributed by atoms with Gasteiger partial charge in [-0.25, -0.2) is 4.98 Å². The molecule has 2 aliphatic rings. The van der Waals surface area contributed by atoms with Crippen molar-refractivity contribution in [2.45, 2.75) is 39.7 Å². The molecule has 5 heterocycles. The second-order valence-corrected chi connectivity index (χ2v) is 10.9. The highest BCUT2D eigenvalue weighted by atomic mass is 32.1. The highest BCUT2D eigenvalue weighted by Crippen LogP contribution is 2.32. The number of fused-ring (bicyclic) bond motifs is 1. The van der Waals surface area contributed by atoms with Gasteiger partial charge in [-0.15, -0.1) is 0 Å². The number of carbonyl (C=O) groups excluding carboxylic acids is 1. The van der Waals surface area contributed by atoms with Crippen molar-refractivity contribution < 1.29 is 13.8 Å². The third-order valence-corrected chi connectivity index (χ3v) is 8.48. The van der Waals surface area contributed by atoms with Crippen molar-refractivity contribution in [3.8, 4) is 11.5 Å². The Morgan fingerprint density at radius 1 is 1.00 bits per heavy atom. The molecule has 3 aromatic heterocycles. The number of anilines is 1. The molecule has 0 spiro atoms. The van der Waals surface area contributed by atoms with Crippen LogP contribution in [0.4, 0.5) is 5.13 Å². The van der Waals surface area contributed by atoms with Gasteiger partial charge in [-0.2, -0.15) is 4.98 Å². The van der Waals surface area contributed by atoms with E-state index in [0.717, 1.165) is 80.4 Å². The Bertz CT molecular complexity index is 1340. The molecule has 0 saturated carbocycles. The monoisotopic (exact) mass is 521 g/mol. The molecule has 1 amide bonds. The van der Waals surface area contributed by atoms with Crippen LogP contribution >= 0.6 is 11.3 Å². The zero-order chi connectivity index (χ0) is 25.4. The summed E-state index contributed by atoms with van der Waals surface area (Å²) in [5, 5.41) is 9.20. The maximum absolute atomic E-state index is 13.4. The van der Waals surface area contributed by atoms with Gasteiger partial charge in [0.15, 0.2) is 11.0 Å². The average Bonchev–Trinajstić information content (AvgIpc) is 3.59. The first-order valence-electron chi connectivity index (χ1n) is 12.9. The Morgan fingerprint density at radius 2 is 1.84 bits per heavy atom. The summed E-state index contributed by atoms with van der Waals surface area (Å²) in [4.78, 5) is 29.4. The number of thiazole rings is 1. The minimum Gasteiger partial charge on any atom is -0.361 e. The number of nitrogens with zero attached hydrogens (tertiary/aromatic N) is 7. The first-order chi connectivity index (χ1) is 18.0. The number of carbonyl (C=O) groups is 1. The van der Waals surface area contributed by atoms with Gasteiger partial charge in [-0.3, -0.25) is 9.69 Å². The van der Waals surface area contributed by atoms with Crippen LogP contribution in [0, 0.1) is 19.8 Å². The number of benzene rings is 1. The molecule has 0 unspecified atom stereocenters. The Balaban J connectivity index is 1.01. The van der Waals surface area contributed by atoms with Crippen LogP contribution < -0.4 is 4.90 Å². The van der Waals surface area contributed by atoms with Crippen molar-refractivity contribution in [2.24, 2.45) is 5.92 Å². The average molecular weight is 522 g/mol. The van der Waals surface area contributed by atoms with Gasteiger partial charge in [0.2, 0.25) is 5.91 Å². The highest BCUT2D eigenvalue weighted by molar-refractivity contribution is 7.22. The van der Waals surface area contributed by atoms with Crippen LogP contribution in [0.25, 0.3) is 21.7 Å². The molecule has 2 aliphatic heterocycles. The zero-order valence-corrected chi connectivity index (χ0v) is 22.0. The highest BCUT2D eigenvalue weighted by Gasteiger charge is 2.31. The van der Waals surface area contributed by atoms with E-state index in [2.05, 4.69) is 48.2 Å². The summed E-state index contributed by atoms with van der Waals surface area (Å²) in [7, 11) is 0. The lowest BCUT2D eigenvalue weighted by Crippen LogP contribution is -2.43. The van der Waals surface area contributed by atoms with Gasteiger partial charge in [0.05, 0.1) is 22.5 Å². The number of aromatic nitrogens is 4. The lowest BCUT2D eigenvalue weighted by atomic mass is 9.95. The fourth-order valence-corrected chi connectivity index (χ4v) is 6.35. The molecule has 0 aliphatic carbocycles. The largest absolute Gasteiger partial charge is 0.361 e. The fourth-order valence-electron chi connectivity index (χ4n) is 5.33. The number of para-hydroxylation sites is 1. The Kier molecular flexibility index (Phi) is 6.64. The summed E-state index contributed by atoms with van der Waals surface area (Å²) < 4.78 is 11.9.